The van der Waals surface area contributed by atoms with Crippen molar-refractivity contribution in [2.24, 2.45) is 0 Å². The minimum Gasteiger partial charge on any atom is -0.506 e. The molecule has 1 heterocycles. The van der Waals surface area contributed by atoms with Crippen molar-refractivity contribution in [2.45, 2.75) is 4.90 Å². The zero-order chi connectivity index (χ0) is 13.3. The highest BCUT2D eigenvalue weighted by Gasteiger charge is 2.10. The summed E-state index contributed by atoms with van der Waals surface area (Å²) in [5.74, 6) is -0.00787. The lowest BCUT2D eigenvalue weighted by molar-refractivity contribution is 0.475. The SMILES string of the molecule is CS(=O)(=O)c1ccc(-c2nc(Cl)ccc2O)cc1. The minimum atomic E-state index is -3.23. The lowest BCUT2D eigenvalue weighted by Gasteiger charge is -2.05. The first-order chi connectivity index (χ1) is 8.38. The van der Waals surface area contributed by atoms with Crippen molar-refractivity contribution in [3.8, 4) is 17.0 Å². The van der Waals surface area contributed by atoms with Crippen LogP contribution in [0.2, 0.25) is 5.15 Å². The van der Waals surface area contributed by atoms with E-state index in [4.69, 9.17) is 11.6 Å². The van der Waals surface area contributed by atoms with E-state index >= 15 is 0 Å². The third-order valence-corrected chi connectivity index (χ3v) is 3.73. The molecule has 2 aromatic rings. The average Bonchev–Trinajstić information content (AvgIpc) is 2.31. The molecule has 18 heavy (non-hydrogen) atoms. The fraction of sp³-hybridized carbons (Fsp3) is 0.0833. The third-order valence-electron chi connectivity index (χ3n) is 2.40. The largest absolute Gasteiger partial charge is 0.506 e. The molecule has 94 valence electrons. The van der Waals surface area contributed by atoms with Crippen LogP contribution in [0.5, 0.6) is 5.75 Å². The molecule has 0 bridgehead atoms. The third kappa shape index (κ3) is 2.63. The molecule has 0 amide bonds. The Morgan fingerprint density at radius 3 is 2.28 bits per heavy atom. The quantitative estimate of drug-likeness (QED) is 0.860. The van der Waals surface area contributed by atoms with Gasteiger partial charge in [-0.2, -0.15) is 0 Å². The van der Waals surface area contributed by atoms with E-state index in [0.29, 0.717) is 11.3 Å². The smallest absolute Gasteiger partial charge is 0.175 e. The van der Waals surface area contributed by atoms with Crippen LogP contribution in [0.25, 0.3) is 11.3 Å². The summed E-state index contributed by atoms with van der Waals surface area (Å²) in [6, 6.07) is 9.00. The van der Waals surface area contributed by atoms with Gasteiger partial charge >= 0.3 is 0 Å². The van der Waals surface area contributed by atoms with Gasteiger partial charge in [-0.05, 0) is 24.3 Å². The maximum absolute atomic E-state index is 11.3. The van der Waals surface area contributed by atoms with Gasteiger partial charge in [0.1, 0.15) is 16.6 Å². The predicted octanol–water partition coefficient (Wildman–Crippen LogP) is 2.51. The van der Waals surface area contributed by atoms with E-state index < -0.39 is 9.84 Å². The van der Waals surface area contributed by atoms with Crippen LogP contribution in [0.4, 0.5) is 0 Å². The number of aromatic hydroxyl groups is 1. The van der Waals surface area contributed by atoms with E-state index in [9.17, 15) is 13.5 Å². The standard InChI is InChI=1S/C12H10ClNO3S/c1-18(16,17)9-4-2-8(3-5-9)12-10(15)6-7-11(13)14-12/h2-7,15H,1H3. The van der Waals surface area contributed by atoms with E-state index in [1.807, 2.05) is 0 Å². The van der Waals surface area contributed by atoms with Gasteiger partial charge in [-0.1, -0.05) is 23.7 Å². The van der Waals surface area contributed by atoms with Crippen LogP contribution >= 0.6 is 11.6 Å². The van der Waals surface area contributed by atoms with Gasteiger partial charge in [0.05, 0.1) is 4.90 Å². The molecule has 0 unspecified atom stereocenters. The molecule has 4 nitrogen and oxygen atoms in total. The predicted molar refractivity (Wildman–Crippen MR) is 69.5 cm³/mol. The first-order valence-corrected chi connectivity index (χ1v) is 7.31. The van der Waals surface area contributed by atoms with Crippen molar-refractivity contribution in [1.82, 2.24) is 4.98 Å². The molecule has 0 spiro atoms. The monoisotopic (exact) mass is 283 g/mol. The van der Waals surface area contributed by atoms with Crippen molar-refractivity contribution in [2.75, 3.05) is 6.26 Å². The summed E-state index contributed by atoms with van der Waals surface area (Å²) in [7, 11) is -3.23. The minimum absolute atomic E-state index is 0.00787. The van der Waals surface area contributed by atoms with Crippen molar-refractivity contribution in [3.63, 3.8) is 0 Å². The Kier molecular flexibility index (Phi) is 3.28. The topological polar surface area (TPSA) is 67.3 Å². The maximum atomic E-state index is 11.3. The molecule has 0 aliphatic heterocycles. The number of rotatable bonds is 2. The molecule has 0 radical (unpaired) electrons. The normalized spacial score (nSPS) is 11.4. The van der Waals surface area contributed by atoms with E-state index in [-0.39, 0.29) is 15.8 Å². The summed E-state index contributed by atoms with van der Waals surface area (Å²) < 4.78 is 22.6. The second-order valence-corrected chi connectivity index (χ2v) is 6.20. The Bertz CT molecular complexity index is 681. The summed E-state index contributed by atoms with van der Waals surface area (Å²) in [6.45, 7) is 0. The Morgan fingerprint density at radius 2 is 1.72 bits per heavy atom. The van der Waals surface area contributed by atoms with Crippen LogP contribution < -0.4 is 0 Å². The van der Waals surface area contributed by atoms with Crippen LogP contribution in [0.3, 0.4) is 0 Å². The molecule has 1 aromatic carbocycles. The van der Waals surface area contributed by atoms with Gasteiger partial charge in [-0.25, -0.2) is 13.4 Å². The Hall–Kier alpha value is -1.59. The van der Waals surface area contributed by atoms with E-state index in [1.54, 1.807) is 12.1 Å². The number of benzene rings is 1. The van der Waals surface area contributed by atoms with Crippen molar-refractivity contribution in [1.29, 1.82) is 0 Å². The number of halogens is 1. The molecular formula is C12H10ClNO3S. The van der Waals surface area contributed by atoms with Gasteiger partial charge in [-0.3, -0.25) is 0 Å². The molecule has 2 rings (SSSR count). The van der Waals surface area contributed by atoms with E-state index in [1.165, 1.54) is 24.3 Å². The molecule has 0 fully saturated rings. The summed E-state index contributed by atoms with van der Waals surface area (Å²) in [5.41, 5.74) is 0.921. The van der Waals surface area contributed by atoms with Gasteiger partial charge in [0.25, 0.3) is 0 Å². The number of nitrogens with zero attached hydrogens (tertiary/aromatic N) is 1. The lowest BCUT2D eigenvalue weighted by atomic mass is 10.1. The van der Waals surface area contributed by atoms with Crippen LogP contribution in [0.15, 0.2) is 41.3 Å². The number of sulfone groups is 1. The van der Waals surface area contributed by atoms with Crippen molar-refractivity contribution < 1.29 is 13.5 Å². The van der Waals surface area contributed by atoms with Crippen LogP contribution in [0.1, 0.15) is 0 Å². The first kappa shape index (κ1) is 12.9. The van der Waals surface area contributed by atoms with Gasteiger partial charge in [0, 0.05) is 11.8 Å². The summed E-state index contributed by atoms with van der Waals surface area (Å²) >= 11 is 5.75. The fourth-order valence-electron chi connectivity index (χ4n) is 1.50. The molecule has 6 heteroatoms. The highest BCUT2D eigenvalue weighted by molar-refractivity contribution is 7.90. The summed E-state index contributed by atoms with van der Waals surface area (Å²) in [6.07, 6.45) is 1.14. The second kappa shape index (κ2) is 4.59. The number of hydrogen-bond acceptors (Lipinski definition) is 4. The van der Waals surface area contributed by atoms with E-state index in [2.05, 4.69) is 4.98 Å². The average molecular weight is 284 g/mol. The van der Waals surface area contributed by atoms with Crippen molar-refractivity contribution in [3.05, 3.63) is 41.6 Å². The molecule has 0 saturated heterocycles. The number of aromatic nitrogens is 1. The highest BCUT2D eigenvalue weighted by Crippen LogP contribution is 2.29. The van der Waals surface area contributed by atoms with Crippen LogP contribution in [0, 0.1) is 0 Å². The van der Waals surface area contributed by atoms with Gasteiger partial charge in [0.15, 0.2) is 9.84 Å². The maximum Gasteiger partial charge on any atom is 0.175 e. The molecule has 0 saturated carbocycles. The summed E-state index contributed by atoms with van der Waals surface area (Å²) in [4.78, 5) is 4.22. The zero-order valence-electron chi connectivity index (χ0n) is 9.46. The highest BCUT2D eigenvalue weighted by atomic mass is 35.5. The Morgan fingerprint density at radius 1 is 1.11 bits per heavy atom. The molecule has 1 aromatic heterocycles. The fourth-order valence-corrected chi connectivity index (χ4v) is 2.28. The van der Waals surface area contributed by atoms with E-state index in [0.717, 1.165) is 6.26 Å². The number of pyridine rings is 1. The Balaban J connectivity index is 2.50. The van der Waals surface area contributed by atoms with Crippen molar-refractivity contribution >= 4 is 21.4 Å². The summed E-state index contributed by atoms with van der Waals surface area (Å²) in [5, 5.41) is 9.94. The second-order valence-electron chi connectivity index (χ2n) is 3.80. The van der Waals surface area contributed by atoms with Gasteiger partial charge < -0.3 is 5.11 Å². The molecule has 0 aliphatic rings. The molecule has 0 aliphatic carbocycles. The number of hydrogen-bond donors (Lipinski definition) is 1. The molecule has 0 atom stereocenters. The Labute approximate surface area is 110 Å². The first-order valence-electron chi connectivity index (χ1n) is 5.04. The zero-order valence-corrected chi connectivity index (χ0v) is 11.0. The molecule has 1 N–H and O–H groups in total. The van der Waals surface area contributed by atoms with Gasteiger partial charge in [0.2, 0.25) is 0 Å². The lowest BCUT2D eigenvalue weighted by Crippen LogP contribution is -1.96. The molecular weight excluding hydrogens is 274 g/mol. The van der Waals surface area contributed by atoms with Crippen LogP contribution in [-0.4, -0.2) is 24.8 Å². The van der Waals surface area contributed by atoms with Crippen LogP contribution in [-0.2, 0) is 9.84 Å². The van der Waals surface area contributed by atoms with Gasteiger partial charge in [-0.15, -0.1) is 0 Å².